The first-order valence-electron chi connectivity index (χ1n) is 6.03. The molecular formula is C12H24N2. The SMILES string of the molecule is CC1(C)CCCN(CC2CC(N)C2)C1. The van der Waals surface area contributed by atoms with E-state index in [9.17, 15) is 0 Å². The highest BCUT2D eigenvalue weighted by Gasteiger charge is 2.31. The summed E-state index contributed by atoms with van der Waals surface area (Å²) >= 11 is 0. The lowest BCUT2D eigenvalue weighted by molar-refractivity contribution is 0.0796. The third-order valence-electron chi connectivity index (χ3n) is 3.77. The molecule has 2 N–H and O–H groups in total. The average molecular weight is 196 g/mol. The molecule has 1 heterocycles. The second-order valence-electron chi connectivity index (χ2n) is 6.10. The van der Waals surface area contributed by atoms with Crippen LogP contribution in [0, 0.1) is 11.3 Å². The lowest BCUT2D eigenvalue weighted by Gasteiger charge is -2.42. The van der Waals surface area contributed by atoms with Gasteiger partial charge in [0, 0.05) is 19.1 Å². The fourth-order valence-corrected chi connectivity index (χ4v) is 3.00. The summed E-state index contributed by atoms with van der Waals surface area (Å²) in [4.78, 5) is 2.65. The Kier molecular flexibility index (Phi) is 2.85. The van der Waals surface area contributed by atoms with Crippen LogP contribution in [0.2, 0.25) is 0 Å². The molecule has 2 nitrogen and oxygen atoms in total. The smallest absolute Gasteiger partial charge is 0.00450 e. The van der Waals surface area contributed by atoms with Crippen LogP contribution in [0.1, 0.15) is 39.5 Å². The van der Waals surface area contributed by atoms with E-state index in [1.165, 1.54) is 45.3 Å². The highest BCUT2D eigenvalue weighted by Crippen LogP contribution is 2.32. The van der Waals surface area contributed by atoms with Crippen molar-refractivity contribution in [2.75, 3.05) is 19.6 Å². The van der Waals surface area contributed by atoms with E-state index < -0.39 is 0 Å². The third-order valence-corrected chi connectivity index (χ3v) is 3.77. The normalized spacial score (nSPS) is 37.9. The molecule has 0 aromatic rings. The molecule has 2 rings (SSSR count). The Hall–Kier alpha value is -0.0800. The number of nitrogens with zero attached hydrogens (tertiary/aromatic N) is 1. The van der Waals surface area contributed by atoms with Gasteiger partial charge in [-0.2, -0.15) is 0 Å². The molecule has 1 saturated carbocycles. The van der Waals surface area contributed by atoms with Gasteiger partial charge < -0.3 is 10.6 Å². The molecule has 1 aliphatic heterocycles. The van der Waals surface area contributed by atoms with Crippen molar-refractivity contribution in [2.24, 2.45) is 17.1 Å². The van der Waals surface area contributed by atoms with E-state index in [4.69, 9.17) is 5.73 Å². The lowest BCUT2D eigenvalue weighted by atomic mass is 9.79. The zero-order valence-electron chi connectivity index (χ0n) is 9.63. The number of piperidine rings is 1. The molecule has 1 saturated heterocycles. The maximum Gasteiger partial charge on any atom is 0.00450 e. The van der Waals surface area contributed by atoms with Crippen molar-refractivity contribution in [1.29, 1.82) is 0 Å². The molecule has 82 valence electrons. The second kappa shape index (κ2) is 3.82. The summed E-state index contributed by atoms with van der Waals surface area (Å²) in [5.41, 5.74) is 6.35. The molecule has 2 fully saturated rings. The maximum atomic E-state index is 5.81. The van der Waals surface area contributed by atoms with E-state index >= 15 is 0 Å². The first-order chi connectivity index (χ1) is 6.55. The van der Waals surface area contributed by atoms with Crippen molar-refractivity contribution in [3.8, 4) is 0 Å². The molecule has 0 spiro atoms. The first kappa shape index (κ1) is 10.4. The van der Waals surface area contributed by atoms with Crippen LogP contribution in [0.3, 0.4) is 0 Å². The largest absolute Gasteiger partial charge is 0.328 e. The van der Waals surface area contributed by atoms with Crippen LogP contribution < -0.4 is 5.73 Å². The van der Waals surface area contributed by atoms with E-state index in [2.05, 4.69) is 18.7 Å². The highest BCUT2D eigenvalue weighted by atomic mass is 15.1. The predicted molar refractivity (Wildman–Crippen MR) is 60.2 cm³/mol. The minimum atomic E-state index is 0.512. The third kappa shape index (κ3) is 2.48. The zero-order valence-corrected chi connectivity index (χ0v) is 9.63. The van der Waals surface area contributed by atoms with Gasteiger partial charge in [-0.05, 0) is 43.6 Å². The molecule has 0 atom stereocenters. The summed E-state index contributed by atoms with van der Waals surface area (Å²) < 4.78 is 0. The van der Waals surface area contributed by atoms with Crippen LogP contribution in [-0.2, 0) is 0 Å². The zero-order chi connectivity index (χ0) is 10.2. The molecule has 2 heteroatoms. The van der Waals surface area contributed by atoms with E-state index in [1.807, 2.05) is 0 Å². The number of nitrogens with two attached hydrogens (primary N) is 1. The lowest BCUT2D eigenvalue weighted by Crippen LogP contribution is -2.47. The van der Waals surface area contributed by atoms with Gasteiger partial charge in [0.1, 0.15) is 0 Å². The maximum absolute atomic E-state index is 5.81. The molecule has 0 bridgehead atoms. The number of rotatable bonds is 2. The van der Waals surface area contributed by atoms with Crippen molar-refractivity contribution in [3.63, 3.8) is 0 Å². The quantitative estimate of drug-likeness (QED) is 0.730. The molecule has 14 heavy (non-hydrogen) atoms. The summed E-state index contributed by atoms with van der Waals surface area (Å²) in [7, 11) is 0. The van der Waals surface area contributed by atoms with Crippen LogP contribution in [-0.4, -0.2) is 30.6 Å². The van der Waals surface area contributed by atoms with Gasteiger partial charge in [0.05, 0.1) is 0 Å². The van der Waals surface area contributed by atoms with Crippen LogP contribution in [0.4, 0.5) is 0 Å². The highest BCUT2D eigenvalue weighted by molar-refractivity contribution is 4.87. The Morgan fingerprint density at radius 3 is 2.64 bits per heavy atom. The minimum Gasteiger partial charge on any atom is -0.328 e. The van der Waals surface area contributed by atoms with Crippen molar-refractivity contribution in [2.45, 2.75) is 45.6 Å². The van der Waals surface area contributed by atoms with Gasteiger partial charge in [-0.15, -0.1) is 0 Å². The van der Waals surface area contributed by atoms with Crippen molar-refractivity contribution >= 4 is 0 Å². The standard InChI is InChI=1S/C12H24N2/c1-12(2)4-3-5-14(9-12)8-10-6-11(13)7-10/h10-11H,3-9,13H2,1-2H3. The first-order valence-corrected chi connectivity index (χ1v) is 6.03. The Labute approximate surface area is 87.8 Å². The fourth-order valence-electron chi connectivity index (χ4n) is 3.00. The molecule has 0 radical (unpaired) electrons. The fraction of sp³-hybridized carbons (Fsp3) is 1.00. The molecule has 0 aromatic heterocycles. The van der Waals surface area contributed by atoms with Crippen molar-refractivity contribution in [1.82, 2.24) is 4.90 Å². The van der Waals surface area contributed by atoms with E-state index in [1.54, 1.807) is 0 Å². The van der Waals surface area contributed by atoms with Crippen LogP contribution in [0.25, 0.3) is 0 Å². The predicted octanol–water partition coefficient (Wildman–Crippen LogP) is 1.85. The van der Waals surface area contributed by atoms with Gasteiger partial charge in [0.2, 0.25) is 0 Å². The van der Waals surface area contributed by atoms with Gasteiger partial charge in [0.15, 0.2) is 0 Å². The molecule has 2 aliphatic rings. The molecule has 0 aromatic carbocycles. The number of hydrogen-bond acceptors (Lipinski definition) is 2. The molecular weight excluding hydrogens is 172 g/mol. The Morgan fingerprint density at radius 2 is 2.07 bits per heavy atom. The van der Waals surface area contributed by atoms with Crippen molar-refractivity contribution in [3.05, 3.63) is 0 Å². The number of likely N-dealkylation sites (tertiary alicyclic amines) is 1. The van der Waals surface area contributed by atoms with Gasteiger partial charge in [-0.25, -0.2) is 0 Å². The number of hydrogen-bond donors (Lipinski definition) is 1. The van der Waals surface area contributed by atoms with Gasteiger partial charge >= 0.3 is 0 Å². The van der Waals surface area contributed by atoms with Crippen LogP contribution in [0.15, 0.2) is 0 Å². The van der Waals surface area contributed by atoms with Gasteiger partial charge in [-0.3, -0.25) is 0 Å². The van der Waals surface area contributed by atoms with E-state index in [0.29, 0.717) is 11.5 Å². The van der Waals surface area contributed by atoms with Crippen molar-refractivity contribution < 1.29 is 0 Å². The van der Waals surface area contributed by atoms with Gasteiger partial charge in [0.25, 0.3) is 0 Å². The van der Waals surface area contributed by atoms with E-state index in [0.717, 1.165) is 5.92 Å². The van der Waals surface area contributed by atoms with Crippen LogP contribution in [0.5, 0.6) is 0 Å². The summed E-state index contributed by atoms with van der Waals surface area (Å²) in [6.45, 7) is 8.70. The molecule has 1 aliphatic carbocycles. The summed E-state index contributed by atoms with van der Waals surface area (Å²) in [5, 5.41) is 0. The molecule has 0 amide bonds. The van der Waals surface area contributed by atoms with Crippen LogP contribution >= 0.6 is 0 Å². The minimum absolute atomic E-state index is 0.512. The summed E-state index contributed by atoms with van der Waals surface area (Å²) in [6.07, 6.45) is 5.30. The summed E-state index contributed by atoms with van der Waals surface area (Å²) in [5.74, 6) is 0.902. The summed E-state index contributed by atoms with van der Waals surface area (Å²) in [6, 6.07) is 0.512. The average Bonchev–Trinajstić information content (AvgIpc) is 1.99. The van der Waals surface area contributed by atoms with Gasteiger partial charge in [-0.1, -0.05) is 13.8 Å². The Morgan fingerprint density at radius 1 is 1.36 bits per heavy atom. The molecule has 0 unspecified atom stereocenters. The Bertz CT molecular complexity index is 194. The topological polar surface area (TPSA) is 29.3 Å². The van der Waals surface area contributed by atoms with E-state index in [-0.39, 0.29) is 0 Å². The monoisotopic (exact) mass is 196 g/mol. The second-order valence-corrected chi connectivity index (χ2v) is 6.10. The Balaban J connectivity index is 1.75.